The van der Waals surface area contributed by atoms with Crippen molar-refractivity contribution in [2.45, 2.75) is 25.4 Å². The van der Waals surface area contributed by atoms with Crippen molar-refractivity contribution in [3.63, 3.8) is 0 Å². The summed E-state index contributed by atoms with van der Waals surface area (Å²) in [4.78, 5) is 21.0. The van der Waals surface area contributed by atoms with Crippen LogP contribution in [0.25, 0.3) is 11.1 Å². The maximum Gasteiger partial charge on any atom is 0.234 e. The first-order valence-electron chi connectivity index (χ1n) is 8.54. The fourth-order valence-electron chi connectivity index (χ4n) is 3.31. The van der Waals surface area contributed by atoms with Crippen molar-refractivity contribution in [2.24, 2.45) is 0 Å². The Labute approximate surface area is 157 Å². The summed E-state index contributed by atoms with van der Waals surface area (Å²) in [7, 11) is 0. The van der Waals surface area contributed by atoms with E-state index in [4.69, 9.17) is 0 Å². The molecule has 26 heavy (non-hydrogen) atoms. The zero-order valence-corrected chi connectivity index (χ0v) is 15.6. The number of hydrogen-bond acceptors (Lipinski definition) is 4. The highest BCUT2D eigenvalue weighted by Gasteiger charge is 2.18. The molecule has 1 heterocycles. The SMILES string of the molecule is Cc1cc(C)nc(SCC(=O)Nc2ccc3c(c2)Cc2ccccc2-3)n1. The molecule has 4 rings (SSSR count). The van der Waals surface area contributed by atoms with E-state index in [-0.39, 0.29) is 5.91 Å². The van der Waals surface area contributed by atoms with E-state index in [9.17, 15) is 4.79 Å². The molecule has 1 aromatic heterocycles. The lowest BCUT2D eigenvalue weighted by Gasteiger charge is -2.08. The summed E-state index contributed by atoms with van der Waals surface area (Å²) in [5, 5.41) is 3.62. The van der Waals surface area contributed by atoms with E-state index in [1.165, 1.54) is 34.0 Å². The first kappa shape index (κ1) is 16.8. The van der Waals surface area contributed by atoms with Gasteiger partial charge in [-0.3, -0.25) is 4.79 Å². The molecule has 0 aliphatic heterocycles. The van der Waals surface area contributed by atoms with Gasteiger partial charge in [0.15, 0.2) is 5.16 Å². The molecule has 0 radical (unpaired) electrons. The third kappa shape index (κ3) is 3.48. The molecule has 130 valence electrons. The number of thioether (sulfide) groups is 1. The molecule has 1 amide bonds. The summed E-state index contributed by atoms with van der Waals surface area (Å²) in [6, 6.07) is 16.5. The Morgan fingerprint density at radius 1 is 1.00 bits per heavy atom. The molecule has 0 spiro atoms. The second-order valence-corrected chi connectivity index (χ2v) is 7.42. The number of anilines is 1. The fourth-order valence-corrected chi connectivity index (χ4v) is 4.06. The van der Waals surface area contributed by atoms with E-state index in [0.717, 1.165) is 23.5 Å². The van der Waals surface area contributed by atoms with Crippen LogP contribution in [0.15, 0.2) is 53.7 Å². The fraction of sp³-hybridized carbons (Fsp3) is 0.190. The van der Waals surface area contributed by atoms with Crippen LogP contribution in [-0.4, -0.2) is 21.6 Å². The van der Waals surface area contributed by atoms with Crippen molar-refractivity contribution in [2.75, 3.05) is 11.1 Å². The highest BCUT2D eigenvalue weighted by molar-refractivity contribution is 7.99. The Kier molecular flexibility index (Phi) is 4.47. The van der Waals surface area contributed by atoms with E-state index in [0.29, 0.717) is 10.9 Å². The number of carbonyl (C=O) groups excluding carboxylic acids is 1. The maximum absolute atomic E-state index is 12.3. The summed E-state index contributed by atoms with van der Waals surface area (Å²) in [5.74, 6) is 0.244. The van der Waals surface area contributed by atoms with Crippen LogP contribution >= 0.6 is 11.8 Å². The lowest BCUT2D eigenvalue weighted by atomic mass is 10.1. The van der Waals surface area contributed by atoms with Crippen molar-refractivity contribution in [3.8, 4) is 11.1 Å². The van der Waals surface area contributed by atoms with Gasteiger partial charge < -0.3 is 5.32 Å². The molecule has 1 aliphatic rings. The van der Waals surface area contributed by atoms with Gasteiger partial charge in [-0.15, -0.1) is 0 Å². The molecule has 2 aromatic carbocycles. The molecular formula is C21H19N3OS. The van der Waals surface area contributed by atoms with E-state index in [1.54, 1.807) is 0 Å². The third-order valence-corrected chi connectivity index (χ3v) is 5.22. The van der Waals surface area contributed by atoms with Gasteiger partial charge in [0.05, 0.1) is 5.75 Å². The van der Waals surface area contributed by atoms with Gasteiger partial charge in [-0.2, -0.15) is 0 Å². The van der Waals surface area contributed by atoms with Crippen molar-refractivity contribution >= 4 is 23.4 Å². The minimum absolute atomic E-state index is 0.0479. The summed E-state index contributed by atoms with van der Waals surface area (Å²) >= 11 is 1.36. The van der Waals surface area contributed by atoms with E-state index < -0.39 is 0 Å². The zero-order valence-electron chi connectivity index (χ0n) is 14.7. The van der Waals surface area contributed by atoms with Crippen LogP contribution in [0, 0.1) is 13.8 Å². The molecule has 0 bridgehead atoms. The number of benzene rings is 2. The number of aryl methyl sites for hydroxylation is 2. The van der Waals surface area contributed by atoms with Gasteiger partial charge in [0, 0.05) is 17.1 Å². The average molecular weight is 361 g/mol. The van der Waals surface area contributed by atoms with Gasteiger partial charge >= 0.3 is 0 Å². The summed E-state index contributed by atoms with van der Waals surface area (Å²) in [6.07, 6.45) is 0.917. The predicted octanol–water partition coefficient (Wildman–Crippen LogP) is 4.40. The van der Waals surface area contributed by atoms with Crippen LogP contribution in [0.5, 0.6) is 0 Å². The molecule has 0 atom stereocenters. The number of fused-ring (bicyclic) bond motifs is 3. The molecule has 1 aliphatic carbocycles. The van der Waals surface area contributed by atoms with Gasteiger partial charge in [-0.05, 0) is 60.7 Å². The predicted molar refractivity (Wildman–Crippen MR) is 106 cm³/mol. The van der Waals surface area contributed by atoms with Crippen molar-refractivity contribution < 1.29 is 4.79 Å². The Morgan fingerprint density at radius 2 is 1.73 bits per heavy atom. The van der Waals surface area contributed by atoms with Crippen LogP contribution in [-0.2, 0) is 11.2 Å². The van der Waals surface area contributed by atoms with Crippen LogP contribution in [0.2, 0.25) is 0 Å². The topological polar surface area (TPSA) is 54.9 Å². The normalized spacial score (nSPS) is 11.8. The molecule has 0 fully saturated rings. The molecular weight excluding hydrogens is 342 g/mol. The molecule has 3 aromatic rings. The highest BCUT2D eigenvalue weighted by Crippen LogP contribution is 2.37. The van der Waals surface area contributed by atoms with E-state index >= 15 is 0 Å². The van der Waals surface area contributed by atoms with Gasteiger partial charge in [0.25, 0.3) is 0 Å². The second-order valence-electron chi connectivity index (χ2n) is 6.48. The maximum atomic E-state index is 12.3. The summed E-state index contributed by atoms with van der Waals surface area (Å²) in [6.45, 7) is 3.86. The number of nitrogens with zero attached hydrogens (tertiary/aromatic N) is 2. The summed E-state index contributed by atoms with van der Waals surface area (Å²) < 4.78 is 0. The average Bonchev–Trinajstić information content (AvgIpc) is 2.97. The molecule has 5 heteroatoms. The number of aromatic nitrogens is 2. The first-order chi connectivity index (χ1) is 12.6. The minimum Gasteiger partial charge on any atom is -0.325 e. The van der Waals surface area contributed by atoms with Gasteiger partial charge in [0.2, 0.25) is 5.91 Å². The molecule has 4 nitrogen and oxygen atoms in total. The van der Waals surface area contributed by atoms with Crippen LogP contribution in [0.1, 0.15) is 22.5 Å². The lowest BCUT2D eigenvalue weighted by molar-refractivity contribution is -0.113. The molecule has 0 unspecified atom stereocenters. The number of carbonyl (C=O) groups is 1. The lowest BCUT2D eigenvalue weighted by Crippen LogP contribution is -2.14. The quantitative estimate of drug-likeness (QED) is 0.432. The van der Waals surface area contributed by atoms with Crippen LogP contribution in [0.4, 0.5) is 5.69 Å². The Bertz CT molecular complexity index is 980. The van der Waals surface area contributed by atoms with E-state index in [2.05, 4.69) is 51.7 Å². The smallest absolute Gasteiger partial charge is 0.234 e. The number of amides is 1. The zero-order chi connectivity index (χ0) is 18.1. The molecule has 1 N–H and O–H groups in total. The van der Waals surface area contributed by atoms with Gasteiger partial charge in [-0.25, -0.2) is 9.97 Å². The van der Waals surface area contributed by atoms with E-state index in [1.807, 2.05) is 26.0 Å². The van der Waals surface area contributed by atoms with Gasteiger partial charge in [0.1, 0.15) is 0 Å². The highest BCUT2D eigenvalue weighted by atomic mass is 32.2. The minimum atomic E-state index is -0.0479. The molecule has 0 saturated heterocycles. The second kappa shape index (κ2) is 6.92. The number of hydrogen-bond donors (Lipinski definition) is 1. The van der Waals surface area contributed by atoms with Crippen LogP contribution < -0.4 is 5.32 Å². The standard InChI is InChI=1S/C21H19N3OS/c1-13-9-14(2)23-21(22-13)26-12-20(25)24-17-7-8-19-16(11-17)10-15-5-3-4-6-18(15)19/h3-9,11H,10,12H2,1-2H3,(H,24,25). The van der Waals surface area contributed by atoms with Crippen molar-refractivity contribution in [3.05, 3.63) is 71.0 Å². The van der Waals surface area contributed by atoms with Gasteiger partial charge in [-0.1, -0.05) is 42.1 Å². The van der Waals surface area contributed by atoms with Crippen LogP contribution in [0.3, 0.4) is 0 Å². The number of rotatable bonds is 4. The third-order valence-electron chi connectivity index (χ3n) is 4.37. The summed E-state index contributed by atoms with van der Waals surface area (Å²) in [5.41, 5.74) is 7.82. The Hall–Kier alpha value is -2.66. The Balaban J connectivity index is 1.42. The van der Waals surface area contributed by atoms with Crippen molar-refractivity contribution in [1.82, 2.24) is 9.97 Å². The first-order valence-corrected chi connectivity index (χ1v) is 9.53. The Morgan fingerprint density at radius 3 is 2.54 bits per heavy atom. The monoisotopic (exact) mass is 361 g/mol. The molecule has 0 saturated carbocycles. The largest absolute Gasteiger partial charge is 0.325 e. The number of nitrogens with one attached hydrogen (secondary N) is 1. The van der Waals surface area contributed by atoms with Crippen molar-refractivity contribution in [1.29, 1.82) is 0 Å².